The normalized spacial score (nSPS) is 18.4. The van der Waals surface area contributed by atoms with Gasteiger partial charge >= 0.3 is 0 Å². The summed E-state index contributed by atoms with van der Waals surface area (Å²) in [6.07, 6.45) is 1.37. The van der Waals surface area contributed by atoms with Crippen LogP contribution in [0.15, 0.2) is 22.8 Å². The van der Waals surface area contributed by atoms with Crippen LogP contribution in [-0.2, 0) is 17.9 Å². The number of aromatic nitrogens is 3. The molecule has 4 nitrogen and oxygen atoms in total. The van der Waals surface area contributed by atoms with E-state index in [-0.39, 0.29) is 11.9 Å². The van der Waals surface area contributed by atoms with Crippen LogP contribution in [0, 0.1) is 11.7 Å². The summed E-state index contributed by atoms with van der Waals surface area (Å²) in [7, 11) is 0. The molecule has 1 unspecified atom stereocenters. The lowest BCUT2D eigenvalue weighted by molar-refractivity contribution is -0.0267. The molecule has 0 aliphatic carbocycles. The Morgan fingerprint density at radius 1 is 1.45 bits per heavy atom. The van der Waals surface area contributed by atoms with Crippen LogP contribution in [0.5, 0.6) is 0 Å². The molecule has 0 spiro atoms. The highest BCUT2D eigenvalue weighted by atomic mass is 79.9. The van der Waals surface area contributed by atoms with Crippen molar-refractivity contribution in [3.05, 3.63) is 34.3 Å². The molecule has 0 bridgehead atoms. The summed E-state index contributed by atoms with van der Waals surface area (Å²) in [6, 6.07) is 3.02. The Hall–Kier alpha value is -1.27. The van der Waals surface area contributed by atoms with Gasteiger partial charge in [0.05, 0.1) is 41.3 Å². The molecule has 1 aliphatic heterocycles. The Morgan fingerprint density at radius 3 is 2.90 bits per heavy atom. The Morgan fingerprint density at radius 2 is 2.25 bits per heavy atom. The summed E-state index contributed by atoms with van der Waals surface area (Å²) in [6.45, 7) is 5.53. The number of nitrogens with zero attached hydrogens (tertiary/aromatic N) is 3. The average molecular weight is 340 g/mol. The summed E-state index contributed by atoms with van der Waals surface area (Å²) in [5.41, 5.74) is 2.39. The van der Waals surface area contributed by atoms with Gasteiger partial charge in [-0.05, 0) is 34.0 Å². The highest BCUT2D eigenvalue weighted by Gasteiger charge is 2.27. The molecule has 0 aromatic carbocycles. The van der Waals surface area contributed by atoms with Crippen LogP contribution in [-0.4, -0.2) is 20.9 Å². The monoisotopic (exact) mass is 339 g/mol. The fraction of sp³-hybridized carbons (Fsp3) is 0.429. The van der Waals surface area contributed by atoms with Crippen molar-refractivity contribution in [2.75, 3.05) is 0 Å². The first-order chi connectivity index (χ1) is 9.56. The van der Waals surface area contributed by atoms with Crippen molar-refractivity contribution in [2.45, 2.75) is 33.1 Å². The van der Waals surface area contributed by atoms with E-state index < -0.39 is 0 Å². The van der Waals surface area contributed by atoms with Gasteiger partial charge < -0.3 is 4.74 Å². The number of rotatable bonds is 2. The Kier molecular flexibility index (Phi) is 3.60. The topological polar surface area (TPSA) is 39.9 Å². The number of hydrogen-bond donors (Lipinski definition) is 0. The smallest absolute Gasteiger partial charge is 0.141 e. The van der Waals surface area contributed by atoms with Gasteiger partial charge in [-0.1, -0.05) is 13.8 Å². The third kappa shape index (κ3) is 2.38. The molecular weight excluding hydrogens is 325 g/mol. The van der Waals surface area contributed by atoms with E-state index in [9.17, 15) is 4.39 Å². The second-order valence-corrected chi connectivity index (χ2v) is 6.04. The van der Waals surface area contributed by atoms with Crippen molar-refractivity contribution in [1.82, 2.24) is 14.8 Å². The summed E-state index contributed by atoms with van der Waals surface area (Å²) in [5, 5.41) is 4.59. The zero-order valence-corrected chi connectivity index (χ0v) is 12.9. The molecule has 0 saturated carbocycles. The quantitative estimate of drug-likeness (QED) is 0.841. The zero-order chi connectivity index (χ0) is 14.3. The lowest BCUT2D eigenvalue weighted by Crippen LogP contribution is -2.31. The Labute approximate surface area is 125 Å². The van der Waals surface area contributed by atoms with E-state index in [1.165, 1.54) is 12.3 Å². The summed E-state index contributed by atoms with van der Waals surface area (Å²) < 4.78 is 21.6. The zero-order valence-electron chi connectivity index (χ0n) is 11.3. The van der Waals surface area contributed by atoms with E-state index in [1.54, 1.807) is 6.07 Å². The fourth-order valence-electron chi connectivity index (χ4n) is 2.26. The van der Waals surface area contributed by atoms with Gasteiger partial charge in [0.1, 0.15) is 11.5 Å². The first-order valence-electron chi connectivity index (χ1n) is 6.55. The molecular formula is C14H15BrFN3O. The molecule has 0 N–H and O–H groups in total. The van der Waals surface area contributed by atoms with E-state index in [1.807, 2.05) is 4.68 Å². The highest BCUT2D eigenvalue weighted by Crippen LogP contribution is 2.32. The minimum absolute atomic E-state index is 0.170. The first kappa shape index (κ1) is 13.7. The second-order valence-electron chi connectivity index (χ2n) is 5.25. The number of fused-ring (bicyclic) bond motifs is 1. The van der Waals surface area contributed by atoms with E-state index in [0.717, 1.165) is 22.4 Å². The Bertz CT molecular complexity index is 624. The summed E-state index contributed by atoms with van der Waals surface area (Å²) in [5.74, 6) is 0.0931. The second kappa shape index (κ2) is 5.26. The van der Waals surface area contributed by atoms with Crippen molar-refractivity contribution in [3.63, 3.8) is 0 Å². The maximum atomic E-state index is 13.0. The lowest BCUT2D eigenvalue weighted by Gasteiger charge is -2.27. The molecule has 0 fully saturated rings. The largest absolute Gasteiger partial charge is 0.370 e. The van der Waals surface area contributed by atoms with Crippen molar-refractivity contribution >= 4 is 15.9 Å². The number of hydrogen-bond acceptors (Lipinski definition) is 3. The van der Waals surface area contributed by atoms with Crippen LogP contribution in [0.1, 0.15) is 19.5 Å². The average Bonchev–Trinajstić information content (AvgIpc) is 2.76. The highest BCUT2D eigenvalue weighted by molar-refractivity contribution is 9.10. The van der Waals surface area contributed by atoms with Crippen molar-refractivity contribution in [1.29, 1.82) is 0 Å². The molecule has 20 heavy (non-hydrogen) atoms. The van der Waals surface area contributed by atoms with E-state index >= 15 is 0 Å². The molecule has 0 saturated heterocycles. The molecule has 1 atom stereocenters. The van der Waals surface area contributed by atoms with Crippen LogP contribution in [0.25, 0.3) is 11.4 Å². The van der Waals surface area contributed by atoms with Gasteiger partial charge in [0.25, 0.3) is 0 Å². The third-order valence-corrected chi connectivity index (χ3v) is 4.33. The van der Waals surface area contributed by atoms with Crippen LogP contribution in [0.2, 0.25) is 0 Å². The predicted octanol–water partition coefficient (Wildman–Crippen LogP) is 3.40. The molecule has 0 radical (unpaired) electrons. The van der Waals surface area contributed by atoms with Gasteiger partial charge in [-0.2, -0.15) is 5.10 Å². The summed E-state index contributed by atoms with van der Waals surface area (Å²) in [4.78, 5) is 4.09. The van der Waals surface area contributed by atoms with Crippen LogP contribution >= 0.6 is 15.9 Å². The van der Waals surface area contributed by atoms with Crippen molar-refractivity contribution in [2.24, 2.45) is 5.92 Å². The van der Waals surface area contributed by atoms with Crippen LogP contribution in [0.4, 0.5) is 4.39 Å². The fourth-order valence-corrected chi connectivity index (χ4v) is 2.86. The van der Waals surface area contributed by atoms with Gasteiger partial charge in [-0.15, -0.1) is 0 Å². The first-order valence-corrected chi connectivity index (χ1v) is 7.34. The maximum absolute atomic E-state index is 13.0. The standard InChI is InChI=1S/C14H15BrFN3O/c1-8(2)12-6-19-11(7-20-12)13(15)14(18-19)10-4-3-9(16)5-17-10/h3-5,8,12H,6-7H2,1-2H3. The van der Waals surface area contributed by atoms with Gasteiger partial charge in [-0.3, -0.25) is 9.67 Å². The SMILES string of the molecule is CC(C)C1Cn2nc(-c3ccc(F)cn3)c(Br)c2CO1. The predicted molar refractivity (Wildman–Crippen MR) is 76.5 cm³/mol. The third-order valence-electron chi connectivity index (χ3n) is 3.49. The maximum Gasteiger partial charge on any atom is 0.141 e. The number of halogens is 2. The molecule has 106 valence electrons. The van der Waals surface area contributed by atoms with Crippen LogP contribution < -0.4 is 0 Å². The van der Waals surface area contributed by atoms with E-state index in [0.29, 0.717) is 18.2 Å². The molecule has 1 aliphatic rings. The molecule has 3 heterocycles. The van der Waals surface area contributed by atoms with Gasteiger partial charge in [0, 0.05) is 0 Å². The Balaban J connectivity index is 1.97. The van der Waals surface area contributed by atoms with Gasteiger partial charge in [0.2, 0.25) is 0 Å². The van der Waals surface area contributed by atoms with Gasteiger partial charge in [0.15, 0.2) is 0 Å². The minimum atomic E-state index is -0.350. The minimum Gasteiger partial charge on any atom is -0.370 e. The lowest BCUT2D eigenvalue weighted by atomic mass is 10.1. The van der Waals surface area contributed by atoms with Crippen LogP contribution in [0.3, 0.4) is 0 Å². The molecule has 2 aromatic heterocycles. The van der Waals surface area contributed by atoms with Crippen molar-refractivity contribution in [3.8, 4) is 11.4 Å². The van der Waals surface area contributed by atoms with E-state index in [4.69, 9.17) is 4.74 Å². The number of pyridine rings is 1. The molecule has 6 heteroatoms. The van der Waals surface area contributed by atoms with Crippen molar-refractivity contribution < 1.29 is 9.13 Å². The van der Waals surface area contributed by atoms with E-state index in [2.05, 4.69) is 39.9 Å². The molecule has 2 aromatic rings. The van der Waals surface area contributed by atoms with Gasteiger partial charge in [-0.25, -0.2) is 4.39 Å². The summed E-state index contributed by atoms with van der Waals surface area (Å²) >= 11 is 3.55. The molecule has 0 amide bonds. The molecule has 3 rings (SSSR count). The number of ether oxygens (including phenoxy) is 1.